The van der Waals surface area contributed by atoms with Crippen LogP contribution in [0.5, 0.6) is 0 Å². The molecule has 0 bridgehead atoms. The van der Waals surface area contributed by atoms with Crippen molar-refractivity contribution in [3.8, 4) is 0 Å². The van der Waals surface area contributed by atoms with Crippen molar-refractivity contribution in [3.05, 3.63) is 17.4 Å². The van der Waals surface area contributed by atoms with E-state index in [0.29, 0.717) is 10.7 Å². The summed E-state index contributed by atoms with van der Waals surface area (Å²) in [6, 6.07) is 1.72. The third-order valence-electron chi connectivity index (χ3n) is 1.31. The number of nitrogens with two attached hydrogens (primary N) is 1. The highest BCUT2D eigenvalue weighted by atomic mass is 35.5. The van der Waals surface area contributed by atoms with Crippen LogP contribution in [-0.4, -0.2) is 19.8 Å². The van der Waals surface area contributed by atoms with Gasteiger partial charge in [0.15, 0.2) is 5.15 Å². The first-order valence-electron chi connectivity index (χ1n) is 2.90. The molecule has 0 radical (unpaired) electrons. The molecule has 0 aliphatic carbocycles. The molecule has 2 N–H and O–H groups in total. The lowest BCUT2D eigenvalue weighted by molar-refractivity contribution is 0.884. The zero-order valence-corrected chi connectivity index (χ0v) is 6.15. The van der Waals surface area contributed by atoms with E-state index in [0.717, 1.165) is 0 Å². The van der Waals surface area contributed by atoms with Gasteiger partial charge in [-0.05, 0) is 6.07 Å². The van der Waals surface area contributed by atoms with Gasteiger partial charge in [-0.1, -0.05) is 11.6 Å². The molecule has 0 saturated carbocycles. The minimum Gasteiger partial charge on any atom is -0.366 e. The first kappa shape index (κ1) is 6.36. The third kappa shape index (κ3) is 0.813. The second kappa shape index (κ2) is 2.06. The van der Waals surface area contributed by atoms with E-state index in [2.05, 4.69) is 15.3 Å². The molecule has 6 heteroatoms. The van der Waals surface area contributed by atoms with Crippen molar-refractivity contribution in [1.29, 1.82) is 0 Å². The first-order valence-corrected chi connectivity index (χ1v) is 3.28. The van der Waals surface area contributed by atoms with Crippen LogP contribution in [0.2, 0.25) is 5.15 Å². The van der Waals surface area contributed by atoms with Crippen LogP contribution in [0.25, 0.3) is 5.52 Å². The van der Waals surface area contributed by atoms with Crippen LogP contribution in [0.4, 0.5) is 5.95 Å². The van der Waals surface area contributed by atoms with E-state index in [1.54, 1.807) is 12.3 Å². The highest BCUT2D eigenvalue weighted by molar-refractivity contribution is 6.32. The van der Waals surface area contributed by atoms with E-state index in [1.807, 2.05) is 0 Å². The summed E-state index contributed by atoms with van der Waals surface area (Å²) in [7, 11) is 0. The Morgan fingerprint density at radius 2 is 2.27 bits per heavy atom. The maximum atomic E-state index is 5.68. The quantitative estimate of drug-likeness (QED) is 0.618. The molecule has 56 valence electrons. The minimum atomic E-state index is 0.231. The lowest BCUT2D eigenvalue weighted by atomic mass is 10.5. The van der Waals surface area contributed by atoms with E-state index < -0.39 is 0 Å². The molecule has 0 saturated heterocycles. The Bertz CT molecular complexity index is 359. The normalized spacial score (nSPS) is 10.6. The zero-order valence-electron chi connectivity index (χ0n) is 5.40. The number of fused-ring (bicyclic) bond motifs is 1. The van der Waals surface area contributed by atoms with Gasteiger partial charge >= 0.3 is 0 Å². The zero-order chi connectivity index (χ0) is 7.84. The molecule has 0 unspecified atom stereocenters. The lowest BCUT2D eigenvalue weighted by Gasteiger charge is -1.95. The van der Waals surface area contributed by atoms with Crippen molar-refractivity contribution < 1.29 is 0 Å². The Balaban J connectivity index is 2.96. The molecular weight excluding hydrogens is 166 g/mol. The van der Waals surface area contributed by atoms with E-state index in [-0.39, 0.29) is 5.95 Å². The van der Waals surface area contributed by atoms with Crippen molar-refractivity contribution in [3.63, 3.8) is 0 Å². The highest BCUT2D eigenvalue weighted by Crippen LogP contribution is 2.13. The second-order valence-corrected chi connectivity index (χ2v) is 2.34. The summed E-state index contributed by atoms with van der Waals surface area (Å²) in [5.41, 5.74) is 6.10. The number of anilines is 1. The summed E-state index contributed by atoms with van der Waals surface area (Å²) in [6.45, 7) is 0. The maximum absolute atomic E-state index is 5.68. The topological polar surface area (TPSA) is 69.1 Å². The maximum Gasteiger partial charge on any atom is 0.241 e. The van der Waals surface area contributed by atoms with Crippen LogP contribution in [0.15, 0.2) is 12.3 Å². The Morgan fingerprint density at radius 1 is 1.45 bits per heavy atom. The van der Waals surface area contributed by atoms with Crippen LogP contribution in [0.1, 0.15) is 0 Å². The van der Waals surface area contributed by atoms with Gasteiger partial charge in [-0.15, -0.1) is 10.2 Å². The van der Waals surface area contributed by atoms with E-state index >= 15 is 0 Å². The molecule has 2 aromatic rings. The molecule has 2 aromatic heterocycles. The molecule has 5 nitrogen and oxygen atoms in total. The average Bonchev–Trinajstić information content (AvgIpc) is 2.45. The number of halogens is 1. The fourth-order valence-corrected chi connectivity index (χ4v) is 1.01. The van der Waals surface area contributed by atoms with Gasteiger partial charge in [0.1, 0.15) is 5.52 Å². The van der Waals surface area contributed by atoms with Crippen molar-refractivity contribution >= 4 is 23.1 Å². The van der Waals surface area contributed by atoms with Gasteiger partial charge in [-0.3, -0.25) is 0 Å². The van der Waals surface area contributed by atoms with Gasteiger partial charge in [0.25, 0.3) is 0 Å². The summed E-state index contributed by atoms with van der Waals surface area (Å²) in [6.07, 6.45) is 1.58. The van der Waals surface area contributed by atoms with Crippen LogP contribution < -0.4 is 5.73 Å². The lowest BCUT2D eigenvalue weighted by Crippen LogP contribution is -2.03. The van der Waals surface area contributed by atoms with E-state index in [4.69, 9.17) is 17.3 Å². The second-order valence-electron chi connectivity index (χ2n) is 1.98. The fourth-order valence-electron chi connectivity index (χ4n) is 0.831. The summed E-state index contributed by atoms with van der Waals surface area (Å²) >= 11 is 5.68. The molecule has 11 heavy (non-hydrogen) atoms. The number of nitrogen functional groups attached to an aromatic ring is 1. The van der Waals surface area contributed by atoms with Gasteiger partial charge < -0.3 is 5.73 Å². The molecule has 0 aliphatic heterocycles. The van der Waals surface area contributed by atoms with Gasteiger partial charge in [0.05, 0.1) is 6.20 Å². The van der Waals surface area contributed by atoms with Gasteiger partial charge in [-0.2, -0.15) is 9.61 Å². The van der Waals surface area contributed by atoms with Crippen LogP contribution in [0.3, 0.4) is 0 Å². The standard InChI is InChI=1S/C5H4ClN5/c6-4-3-1-2-8-11(3)5(7)10-9-4/h1-2H,(H2,7,10). The van der Waals surface area contributed by atoms with E-state index in [1.165, 1.54) is 4.52 Å². The Hall–Kier alpha value is -1.36. The third-order valence-corrected chi connectivity index (χ3v) is 1.58. The summed E-state index contributed by atoms with van der Waals surface area (Å²) in [4.78, 5) is 0. The Kier molecular flexibility index (Phi) is 1.19. The number of nitrogens with zero attached hydrogens (tertiary/aromatic N) is 4. The largest absolute Gasteiger partial charge is 0.366 e. The summed E-state index contributed by atoms with van der Waals surface area (Å²) < 4.78 is 1.43. The van der Waals surface area contributed by atoms with Crippen LogP contribution in [0, 0.1) is 0 Å². The van der Waals surface area contributed by atoms with Crippen LogP contribution in [-0.2, 0) is 0 Å². The molecule has 2 rings (SSSR count). The predicted octanol–water partition coefficient (Wildman–Crippen LogP) is 0.360. The average molecular weight is 170 g/mol. The Morgan fingerprint density at radius 3 is 3.00 bits per heavy atom. The van der Waals surface area contributed by atoms with Crippen molar-refractivity contribution in [1.82, 2.24) is 19.8 Å². The number of rotatable bonds is 0. The van der Waals surface area contributed by atoms with Crippen molar-refractivity contribution in [2.24, 2.45) is 0 Å². The molecule has 0 fully saturated rings. The molecule has 0 atom stereocenters. The minimum absolute atomic E-state index is 0.231. The summed E-state index contributed by atoms with van der Waals surface area (Å²) in [5, 5.41) is 11.4. The van der Waals surface area contributed by atoms with E-state index in [9.17, 15) is 0 Å². The molecule has 0 aromatic carbocycles. The molecule has 2 heterocycles. The van der Waals surface area contributed by atoms with Gasteiger partial charge in [0, 0.05) is 0 Å². The smallest absolute Gasteiger partial charge is 0.241 e. The number of aromatic nitrogens is 4. The van der Waals surface area contributed by atoms with Gasteiger partial charge in [0.2, 0.25) is 5.95 Å². The van der Waals surface area contributed by atoms with Crippen LogP contribution >= 0.6 is 11.6 Å². The first-order chi connectivity index (χ1) is 5.29. The molecule has 0 spiro atoms. The highest BCUT2D eigenvalue weighted by Gasteiger charge is 2.03. The monoisotopic (exact) mass is 169 g/mol. The Labute approximate surface area is 66.8 Å². The molecule has 0 aliphatic rings. The van der Waals surface area contributed by atoms with Crippen molar-refractivity contribution in [2.45, 2.75) is 0 Å². The predicted molar refractivity (Wildman–Crippen MR) is 40.2 cm³/mol. The summed E-state index contributed by atoms with van der Waals surface area (Å²) in [5.74, 6) is 0.231. The molecular formula is C5H4ClN5. The van der Waals surface area contributed by atoms with Gasteiger partial charge in [-0.25, -0.2) is 0 Å². The number of hydrogen-bond donors (Lipinski definition) is 1. The fraction of sp³-hybridized carbons (Fsp3) is 0. The SMILES string of the molecule is Nc1nnc(Cl)c2ccnn12. The molecule has 0 amide bonds. The van der Waals surface area contributed by atoms with Crippen molar-refractivity contribution in [2.75, 3.05) is 5.73 Å². The number of hydrogen-bond acceptors (Lipinski definition) is 4.